The lowest BCUT2D eigenvalue weighted by molar-refractivity contribution is -0.163. The van der Waals surface area contributed by atoms with Crippen LogP contribution in [0.1, 0.15) is 57.8 Å². The number of fused-ring (bicyclic) bond motifs is 6. The van der Waals surface area contributed by atoms with Crippen LogP contribution in [-0.4, -0.2) is 25.2 Å². The number of ether oxygens (including phenoxy) is 2. The van der Waals surface area contributed by atoms with Crippen molar-refractivity contribution in [3.8, 4) is 0 Å². The molecule has 0 aromatic carbocycles. The van der Waals surface area contributed by atoms with E-state index in [0.29, 0.717) is 25.0 Å². The van der Waals surface area contributed by atoms with Gasteiger partial charge in [0, 0.05) is 0 Å². The van der Waals surface area contributed by atoms with Gasteiger partial charge < -0.3 is 9.47 Å². The Morgan fingerprint density at radius 2 is 1.14 bits per heavy atom. The Morgan fingerprint density at radius 1 is 0.655 bits per heavy atom. The van der Waals surface area contributed by atoms with Crippen molar-refractivity contribution < 1.29 is 19.1 Å². The minimum atomic E-state index is -0.323. The number of hydrogen-bond acceptors (Lipinski definition) is 4. The Labute approximate surface area is 173 Å². The van der Waals surface area contributed by atoms with Crippen molar-refractivity contribution in [1.82, 2.24) is 0 Å². The molecule has 6 aliphatic carbocycles. The van der Waals surface area contributed by atoms with Crippen molar-refractivity contribution in [3.05, 3.63) is 12.2 Å². The normalized spacial score (nSPS) is 48.6. The quantitative estimate of drug-likeness (QED) is 0.492. The predicted molar refractivity (Wildman–Crippen MR) is 108 cm³/mol. The zero-order valence-electron chi connectivity index (χ0n) is 17.3. The average molecular weight is 399 g/mol. The van der Waals surface area contributed by atoms with Crippen LogP contribution in [0.15, 0.2) is 12.2 Å². The van der Waals surface area contributed by atoms with Crippen LogP contribution in [0.4, 0.5) is 0 Å². The molecule has 0 N–H and O–H groups in total. The Bertz CT molecular complexity index is 656. The molecule has 6 aliphatic rings. The summed E-state index contributed by atoms with van der Waals surface area (Å²) in [5.74, 6) is 3.73. The monoisotopic (exact) mass is 398 g/mol. The molecular weight excluding hydrogens is 364 g/mol. The van der Waals surface area contributed by atoms with Crippen LogP contribution in [-0.2, 0) is 19.1 Å². The van der Waals surface area contributed by atoms with Crippen LogP contribution in [0, 0.1) is 59.2 Å². The highest BCUT2D eigenvalue weighted by Crippen LogP contribution is 2.51. The lowest BCUT2D eigenvalue weighted by atomic mass is 9.83. The van der Waals surface area contributed by atoms with Crippen LogP contribution < -0.4 is 0 Å². The highest BCUT2D eigenvalue weighted by molar-refractivity contribution is 5.84. The Kier molecular flexibility index (Phi) is 4.54. The zero-order valence-corrected chi connectivity index (χ0v) is 17.3. The van der Waals surface area contributed by atoms with E-state index in [1.807, 2.05) is 0 Å². The van der Waals surface area contributed by atoms with Gasteiger partial charge in [-0.3, -0.25) is 9.59 Å². The summed E-state index contributed by atoms with van der Waals surface area (Å²) >= 11 is 0. The van der Waals surface area contributed by atoms with E-state index >= 15 is 0 Å². The maximum Gasteiger partial charge on any atom is 0.310 e. The molecule has 0 radical (unpaired) electrons. The molecule has 10 atom stereocenters. The van der Waals surface area contributed by atoms with Crippen LogP contribution >= 0.6 is 0 Å². The summed E-state index contributed by atoms with van der Waals surface area (Å²) < 4.78 is 11.7. The minimum Gasteiger partial charge on any atom is -0.465 e. The Morgan fingerprint density at radius 3 is 1.52 bits per heavy atom. The maximum absolute atomic E-state index is 13.0. The number of carbonyl (C=O) groups excluding carboxylic acids is 2. The van der Waals surface area contributed by atoms with Crippen LogP contribution in [0.2, 0.25) is 0 Å². The Balaban J connectivity index is 1.06. The van der Waals surface area contributed by atoms with Gasteiger partial charge in [0.15, 0.2) is 0 Å². The number of hydrogen-bond donors (Lipinski definition) is 0. The van der Waals surface area contributed by atoms with Gasteiger partial charge in [0.05, 0.1) is 25.0 Å². The summed E-state index contributed by atoms with van der Waals surface area (Å²) in [5, 5.41) is 0. The molecule has 4 heteroatoms. The van der Waals surface area contributed by atoms with E-state index < -0.39 is 0 Å². The summed E-state index contributed by atoms with van der Waals surface area (Å²) in [6.07, 6.45) is 15.6. The first-order chi connectivity index (χ1) is 14.2. The largest absolute Gasteiger partial charge is 0.465 e. The first kappa shape index (κ1) is 18.4. The average Bonchev–Trinajstić information content (AvgIpc) is 3.56. The third-order valence-corrected chi connectivity index (χ3v) is 9.65. The second-order valence-corrected chi connectivity index (χ2v) is 11.1. The standard InChI is InChI=1S/C25H34O4/c26-24(28-12-20-9-14-1-3-16(20)7-14)22-18-5-6-19(11-18)23(22)25(27)29-13-21-10-15-2-4-17(21)8-15/h5-6,14-23H,1-4,7-13H2/t14?,15?,16?,17?,18?,19?,20?,21?,22-,23+. The van der Waals surface area contributed by atoms with E-state index in [2.05, 4.69) is 12.2 Å². The topological polar surface area (TPSA) is 52.6 Å². The van der Waals surface area contributed by atoms with Crippen molar-refractivity contribution in [1.29, 1.82) is 0 Å². The lowest BCUT2D eigenvalue weighted by Crippen LogP contribution is -2.37. The van der Waals surface area contributed by atoms with E-state index in [9.17, 15) is 9.59 Å². The number of carbonyl (C=O) groups is 2. The van der Waals surface area contributed by atoms with Gasteiger partial charge in [-0.05, 0) is 92.3 Å². The molecule has 0 heterocycles. The second kappa shape index (κ2) is 7.13. The van der Waals surface area contributed by atoms with Gasteiger partial charge in [-0.2, -0.15) is 0 Å². The molecule has 4 nitrogen and oxygen atoms in total. The molecule has 5 saturated carbocycles. The predicted octanol–water partition coefficient (Wildman–Crippen LogP) is 4.38. The van der Waals surface area contributed by atoms with Crippen LogP contribution in [0.25, 0.3) is 0 Å². The molecule has 29 heavy (non-hydrogen) atoms. The van der Waals surface area contributed by atoms with E-state index in [-0.39, 0.29) is 35.6 Å². The SMILES string of the molecule is O=C(OCC1CC2CCC1C2)[C@@H]1C2C=CC(C2)[C@@H]1C(=O)OCC1CC2CCC1C2. The van der Waals surface area contributed by atoms with Gasteiger partial charge >= 0.3 is 11.9 Å². The van der Waals surface area contributed by atoms with E-state index in [1.54, 1.807) is 0 Å². The first-order valence-corrected chi connectivity index (χ1v) is 12.2. The summed E-state index contributed by atoms with van der Waals surface area (Å²) in [5.41, 5.74) is 0. The van der Waals surface area contributed by atoms with Crippen LogP contribution in [0.3, 0.4) is 0 Å². The molecule has 8 unspecified atom stereocenters. The maximum atomic E-state index is 13.0. The highest BCUT2D eigenvalue weighted by atomic mass is 16.5. The number of rotatable bonds is 6. The van der Waals surface area contributed by atoms with Crippen molar-refractivity contribution in [2.24, 2.45) is 59.2 Å². The van der Waals surface area contributed by atoms with E-state index in [0.717, 1.165) is 30.1 Å². The number of esters is 2. The molecule has 158 valence electrons. The smallest absolute Gasteiger partial charge is 0.310 e. The highest BCUT2D eigenvalue weighted by Gasteiger charge is 2.53. The lowest BCUT2D eigenvalue weighted by Gasteiger charge is -2.28. The summed E-state index contributed by atoms with van der Waals surface area (Å²) in [7, 11) is 0. The Hall–Kier alpha value is -1.32. The minimum absolute atomic E-state index is 0.147. The molecule has 0 aromatic rings. The molecule has 0 amide bonds. The molecule has 6 bridgehead atoms. The van der Waals surface area contributed by atoms with E-state index in [4.69, 9.17) is 9.47 Å². The molecule has 6 rings (SSSR count). The molecular formula is C25H34O4. The van der Waals surface area contributed by atoms with Gasteiger partial charge in [-0.15, -0.1) is 0 Å². The molecule has 0 saturated heterocycles. The van der Waals surface area contributed by atoms with Crippen molar-refractivity contribution in [2.45, 2.75) is 57.8 Å². The fraction of sp³-hybridized carbons (Fsp3) is 0.840. The third-order valence-electron chi connectivity index (χ3n) is 9.65. The third kappa shape index (κ3) is 3.16. The zero-order chi connectivity index (χ0) is 19.5. The van der Waals surface area contributed by atoms with Gasteiger partial charge in [-0.25, -0.2) is 0 Å². The molecule has 0 aliphatic heterocycles. The van der Waals surface area contributed by atoms with Gasteiger partial charge in [0.25, 0.3) is 0 Å². The fourth-order valence-electron chi connectivity index (χ4n) is 8.20. The molecule has 0 spiro atoms. The van der Waals surface area contributed by atoms with Crippen molar-refractivity contribution in [3.63, 3.8) is 0 Å². The van der Waals surface area contributed by atoms with Crippen molar-refractivity contribution >= 4 is 11.9 Å². The number of allylic oxidation sites excluding steroid dienone is 2. The van der Waals surface area contributed by atoms with E-state index in [1.165, 1.54) is 51.4 Å². The molecule has 5 fully saturated rings. The van der Waals surface area contributed by atoms with Crippen LogP contribution in [0.5, 0.6) is 0 Å². The summed E-state index contributed by atoms with van der Waals surface area (Å²) in [6, 6.07) is 0. The molecule has 0 aromatic heterocycles. The van der Waals surface area contributed by atoms with Gasteiger partial charge in [-0.1, -0.05) is 25.0 Å². The second-order valence-electron chi connectivity index (χ2n) is 11.1. The summed E-state index contributed by atoms with van der Waals surface area (Å²) in [6.45, 7) is 1.12. The van der Waals surface area contributed by atoms with Gasteiger partial charge in [0.1, 0.15) is 0 Å². The summed E-state index contributed by atoms with van der Waals surface area (Å²) in [4.78, 5) is 26.0. The first-order valence-electron chi connectivity index (χ1n) is 12.2. The van der Waals surface area contributed by atoms with Crippen molar-refractivity contribution in [2.75, 3.05) is 13.2 Å². The fourth-order valence-corrected chi connectivity index (χ4v) is 8.20. The van der Waals surface area contributed by atoms with Gasteiger partial charge in [0.2, 0.25) is 0 Å².